The molecule has 0 heterocycles. The standard InChI is InChI=1S/C15H26/c1-3-5-15(4-2)13-7-11-6-12(9-13)10-14(15)8-11/h11-14H,3-10H2,1-2H3. The SMILES string of the molecule is CCCC1(CC)C2CC3CC(C2)CC1C3. The van der Waals surface area contributed by atoms with E-state index in [9.17, 15) is 0 Å². The van der Waals surface area contributed by atoms with E-state index in [4.69, 9.17) is 0 Å². The van der Waals surface area contributed by atoms with Crippen LogP contribution in [0.4, 0.5) is 0 Å². The average molecular weight is 206 g/mol. The molecule has 0 heteroatoms. The second-order valence-corrected chi connectivity index (χ2v) is 6.64. The first kappa shape index (κ1) is 10.2. The highest BCUT2D eigenvalue weighted by Gasteiger charge is 2.55. The van der Waals surface area contributed by atoms with E-state index in [-0.39, 0.29) is 0 Å². The molecule has 0 unspecified atom stereocenters. The van der Waals surface area contributed by atoms with Crippen LogP contribution in [0.25, 0.3) is 0 Å². The Balaban J connectivity index is 1.89. The molecule has 0 aromatic carbocycles. The van der Waals surface area contributed by atoms with Gasteiger partial charge in [0.15, 0.2) is 0 Å². The highest BCUT2D eigenvalue weighted by molar-refractivity contribution is 5.05. The summed E-state index contributed by atoms with van der Waals surface area (Å²) in [5.41, 5.74) is 0.794. The van der Waals surface area contributed by atoms with Crippen molar-refractivity contribution in [3.05, 3.63) is 0 Å². The van der Waals surface area contributed by atoms with Gasteiger partial charge in [0.25, 0.3) is 0 Å². The van der Waals surface area contributed by atoms with Gasteiger partial charge < -0.3 is 0 Å². The minimum atomic E-state index is 0.794. The van der Waals surface area contributed by atoms with Gasteiger partial charge in [-0.05, 0) is 74.0 Å². The maximum Gasteiger partial charge on any atom is -0.0243 e. The van der Waals surface area contributed by atoms with Crippen LogP contribution in [0.2, 0.25) is 0 Å². The number of rotatable bonds is 3. The third-order valence-corrected chi connectivity index (χ3v) is 6.14. The number of hydrogen-bond donors (Lipinski definition) is 0. The van der Waals surface area contributed by atoms with Gasteiger partial charge in [-0.25, -0.2) is 0 Å². The fourth-order valence-electron chi connectivity index (χ4n) is 5.75. The molecule has 4 rings (SSSR count). The zero-order valence-electron chi connectivity index (χ0n) is 10.5. The van der Waals surface area contributed by atoms with Gasteiger partial charge in [0.1, 0.15) is 0 Å². The Morgan fingerprint density at radius 1 is 0.867 bits per heavy atom. The van der Waals surface area contributed by atoms with Gasteiger partial charge in [0, 0.05) is 0 Å². The van der Waals surface area contributed by atoms with E-state index >= 15 is 0 Å². The van der Waals surface area contributed by atoms with Gasteiger partial charge in [-0.3, -0.25) is 0 Å². The Labute approximate surface area is 94.8 Å². The largest absolute Gasteiger partial charge is 0.0654 e. The Morgan fingerprint density at radius 2 is 1.40 bits per heavy atom. The van der Waals surface area contributed by atoms with Gasteiger partial charge in [-0.2, -0.15) is 0 Å². The van der Waals surface area contributed by atoms with Crippen LogP contribution in [0, 0.1) is 29.1 Å². The van der Waals surface area contributed by atoms with Crippen molar-refractivity contribution in [3.8, 4) is 0 Å². The van der Waals surface area contributed by atoms with Crippen molar-refractivity contribution in [3.63, 3.8) is 0 Å². The molecule has 0 spiro atoms. The van der Waals surface area contributed by atoms with E-state index in [1.807, 2.05) is 0 Å². The molecule has 0 radical (unpaired) electrons. The molecule has 0 aromatic rings. The van der Waals surface area contributed by atoms with E-state index < -0.39 is 0 Å². The smallest absolute Gasteiger partial charge is 0.0243 e. The second kappa shape index (κ2) is 3.50. The van der Waals surface area contributed by atoms with Crippen molar-refractivity contribution >= 4 is 0 Å². The minimum absolute atomic E-state index is 0.794. The molecule has 4 saturated carbocycles. The fourth-order valence-corrected chi connectivity index (χ4v) is 5.75. The molecule has 86 valence electrons. The predicted molar refractivity (Wildman–Crippen MR) is 64.7 cm³/mol. The Morgan fingerprint density at radius 3 is 1.80 bits per heavy atom. The molecule has 0 aliphatic heterocycles. The fraction of sp³-hybridized carbons (Fsp3) is 1.00. The van der Waals surface area contributed by atoms with Crippen LogP contribution in [0.1, 0.15) is 65.2 Å². The van der Waals surface area contributed by atoms with Gasteiger partial charge in [-0.15, -0.1) is 0 Å². The molecule has 4 aliphatic rings. The van der Waals surface area contributed by atoms with Crippen LogP contribution in [-0.4, -0.2) is 0 Å². The minimum Gasteiger partial charge on any atom is -0.0654 e. The lowest BCUT2D eigenvalue weighted by Crippen LogP contribution is -2.52. The molecular formula is C15H26. The second-order valence-electron chi connectivity index (χ2n) is 6.64. The van der Waals surface area contributed by atoms with Crippen molar-refractivity contribution in [1.29, 1.82) is 0 Å². The van der Waals surface area contributed by atoms with Crippen LogP contribution in [0.3, 0.4) is 0 Å². The summed E-state index contributed by atoms with van der Waals surface area (Å²) in [7, 11) is 0. The van der Waals surface area contributed by atoms with E-state index in [1.54, 1.807) is 32.1 Å². The first-order chi connectivity index (χ1) is 7.28. The maximum absolute atomic E-state index is 2.47. The topological polar surface area (TPSA) is 0 Å². The first-order valence-corrected chi connectivity index (χ1v) is 7.28. The van der Waals surface area contributed by atoms with Gasteiger partial charge >= 0.3 is 0 Å². The van der Waals surface area contributed by atoms with Crippen molar-refractivity contribution < 1.29 is 0 Å². The Kier molecular flexibility index (Phi) is 2.37. The summed E-state index contributed by atoms with van der Waals surface area (Å²) in [5.74, 6) is 4.53. The third kappa shape index (κ3) is 1.33. The first-order valence-electron chi connectivity index (χ1n) is 7.28. The Bertz CT molecular complexity index is 212. The molecule has 0 atom stereocenters. The summed E-state index contributed by atoms with van der Waals surface area (Å²) in [6, 6.07) is 0. The Hall–Kier alpha value is 0. The molecule has 0 amide bonds. The van der Waals surface area contributed by atoms with Crippen LogP contribution in [-0.2, 0) is 0 Å². The van der Waals surface area contributed by atoms with Crippen LogP contribution < -0.4 is 0 Å². The molecule has 4 aliphatic carbocycles. The average Bonchev–Trinajstić information content (AvgIpc) is 2.23. The highest BCUT2D eigenvalue weighted by Crippen LogP contribution is 2.64. The van der Waals surface area contributed by atoms with Gasteiger partial charge in [0.05, 0.1) is 0 Å². The zero-order chi connectivity index (χ0) is 10.5. The van der Waals surface area contributed by atoms with E-state index in [1.165, 1.54) is 19.3 Å². The molecule has 15 heavy (non-hydrogen) atoms. The van der Waals surface area contributed by atoms with Crippen molar-refractivity contribution in [1.82, 2.24) is 0 Å². The van der Waals surface area contributed by atoms with Crippen LogP contribution >= 0.6 is 0 Å². The zero-order valence-corrected chi connectivity index (χ0v) is 10.5. The molecule has 0 aromatic heterocycles. The van der Waals surface area contributed by atoms with E-state index in [0.29, 0.717) is 0 Å². The molecular weight excluding hydrogens is 180 g/mol. The maximum atomic E-state index is 2.47. The molecule has 0 N–H and O–H groups in total. The summed E-state index contributed by atoms with van der Waals surface area (Å²) >= 11 is 0. The molecule has 0 saturated heterocycles. The molecule has 0 nitrogen and oxygen atoms in total. The van der Waals surface area contributed by atoms with E-state index in [2.05, 4.69) is 13.8 Å². The highest BCUT2D eigenvalue weighted by atomic mass is 14.6. The summed E-state index contributed by atoms with van der Waals surface area (Å²) in [6.07, 6.45) is 12.4. The van der Waals surface area contributed by atoms with Crippen molar-refractivity contribution in [2.45, 2.75) is 65.2 Å². The lowest BCUT2D eigenvalue weighted by molar-refractivity contribution is -0.115. The summed E-state index contributed by atoms with van der Waals surface area (Å²) in [5, 5.41) is 0. The van der Waals surface area contributed by atoms with Crippen molar-refractivity contribution in [2.24, 2.45) is 29.1 Å². The third-order valence-electron chi connectivity index (χ3n) is 6.14. The molecule has 4 fully saturated rings. The van der Waals surface area contributed by atoms with Gasteiger partial charge in [-0.1, -0.05) is 20.3 Å². The summed E-state index contributed by atoms with van der Waals surface area (Å²) in [6.45, 7) is 4.86. The van der Waals surface area contributed by atoms with Crippen molar-refractivity contribution in [2.75, 3.05) is 0 Å². The lowest BCUT2D eigenvalue weighted by atomic mass is 9.44. The van der Waals surface area contributed by atoms with Crippen LogP contribution in [0.15, 0.2) is 0 Å². The normalized spacial score (nSPS) is 52.4. The monoisotopic (exact) mass is 206 g/mol. The molecule has 4 bridgehead atoms. The summed E-state index contributed by atoms with van der Waals surface area (Å²) in [4.78, 5) is 0. The van der Waals surface area contributed by atoms with Gasteiger partial charge in [0.2, 0.25) is 0 Å². The number of hydrogen-bond acceptors (Lipinski definition) is 0. The quantitative estimate of drug-likeness (QED) is 0.631. The van der Waals surface area contributed by atoms with Crippen LogP contribution in [0.5, 0.6) is 0 Å². The van der Waals surface area contributed by atoms with E-state index in [0.717, 1.165) is 29.1 Å². The lowest BCUT2D eigenvalue weighted by Gasteiger charge is -2.61. The predicted octanol–water partition coefficient (Wildman–Crippen LogP) is 4.64. The summed E-state index contributed by atoms with van der Waals surface area (Å²) < 4.78 is 0.